The van der Waals surface area contributed by atoms with Gasteiger partial charge in [-0.25, -0.2) is 4.39 Å². The molecule has 0 saturated heterocycles. The predicted molar refractivity (Wildman–Crippen MR) is 65.0 cm³/mol. The third-order valence-corrected chi connectivity index (χ3v) is 3.22. The third-order valence-electron chi connectivity index (χ3n) is 2.59. The first-order chi connectivity index (χ1) is 8.68. The number of hydrogen-bond donors (Lipinski definition) is 1. The molecule has 1 aromatic carbocycles. The van der Waals surface area contributed by atoms with Crippen LogP contribution in [0.5, 0.6) is 11.5 Å². The Hall–Kier alpha value is -1.76. The molecule has 5 nitrogen and oxygen atoms in total. The Morgan fingerprint density at radius 1 is 1.33 bits per heavy atom. The van der Waals surface area contributed by atoms with E-state index in [0.717, 1.165) is 0 Å². The van der Waals surface area contributed by atoms with Gasteiger partial charge in [0.25, 0.3) is 0 Å². The summed E-state index contributed by atoms with van der Waals surface area (Å²) in [6.45, 7) is 0.706. The fraction of sp³-hybridized carbons (Fsp3) is 0.182. The fourth-order valence-electron chi connectivity index (χ4n) is 1.80. The van der Waals surface area contributed by atoms with Gasteiger partial charge in [0, 0.05) is 10.0 Å². The van der Waals surface area contributed by atoms with Crippen LogP contribution in [0.4, 0.5) is 10.3 Å². The molecule has 7 heteroatoms. The van der Waals surface area contributed by atoms with E-state index in [9.17, 15) is 4.39 Å². The van der Waals surface area contributed by atoms with E-state index >= 15 is 0 Å². The number of nitrogens with zero attached hydrogens (tertiary/aromatic N) is 1. The lowest BCUT2D eigenvalue weighted by Gasteiger charge is -2.20. The first-order valence-corrected chi connectivity index (χ1v) is 5.96. The van der Waals surface area contributed by atoms with Gasteiger partial charge in [0.2, 0.25) is 5.88 Å². The zero-order valence-electron chi connectivity index (χ0n) is 9.07. The minimum absolute atomic E-state index is 0.0475. The number of anilines is 1. The molecule has 0 radical (unpaired) electrons. The van der Waals surface area contributed by atoms with E-state index in [-0.39, 0.29) is 17.2 Å². The Morgan fingerprint density at radius 2 is 2.11 bits per heavy atom. The fourth-order valence-corrected chi connectivity index (χ4v) is 2.40. The molecule has 2 N–H and O–H groups in total. The van der Waals surface area contributed by atoms with Crippen LogP contribution in [0.15, 0.2) is 21.3 Å². The summed E-state index contributed by atoms with van der Waals surface area (Å²) in [6.07, 6.45) is 1.36. The van der Waals surface area contributed by atoms with Crippen LogP contribution in [-0.2, 0) is 0 Å². The van der Waals surface area contributed by atoms with Gasteiger partial charge in [-0.15, -0.1) is 0 Å². The van der Waals surface area contributed by atoms with Crippen molar-refractivity contribution >= 4 is 21.8 Å². The van der Waals surface area contributed by atoms with Crippen molar-refractivity contribution in [3.8, 4) is 22.6 Å². The van der Waals surface area contributed by atoms with E-state index in [2.05, 4.69) is 21.1 Å². The Kier molecular flexibility index (Phi) is 2.62. The van der Waals surface area contributed by atoms with Gasteiger partial charge in [-0.05, 0) is 22.0 Å². The van der Waals surface area contributed by atoms with Crippen molar-refractivity contribution in [3.05, 3.63) is 22.6 Å². The van der Waals surface area contributed by atoms with Crippen LogP contribution < -0.4 is 15.2 Å². The molecule has 18 heavy (non-hydrogen) atoms. The maximum Gasteiger partial charge on any atom is 0.230 e. The lowest BCUT2D eigenvalue weighted by molar-refractivity contribution is 0.164. The molecular formula is C11H8BrFN2O3. The third kappa shape index (κ3) is 1.62. The summed E-state index contributed by atoms with van der Waals surface area (Å²) in [7, 11) is 0. The van der Waals surface area contributed by atoms with Crippen LogP contribution >= 0.6 is 15.9 Å². The molecule has 0 atom stereocenters. The smallest absolute Gasteiger partial charge is 0.230 e. The van der Waals surface area contributed by atoms with Crippen molar-refractivity contribution in [1.82, 2.24) is 5.16 Å². The second-order valence-electron chi connectivity index (χ2n) is 3.68. The number of benzene rings is 1. The highest BCUT2D eigenvalue weighted by Gasteiger charge is 2.25. The van der Waals surface area contributed by atoms with Gasteiger partial charge in [0.15, 0.2) is 17.3 Å². The van der Waals surface area contributed by atoms with Gasteiger partial charge >= 0.3 is 0 Å². The van der Waals surface area contributed by atoms with E-state index in [4.69, 9.17) is 19.7 Å². The topological polar surface area (TPSA) is 70.5 Å². The summed E-state index contributed by atoms with van der Waals surface area (Å²) in [6, 6.07) is 1.64. The molecule has 2 aromatic rings. The maximum absolute atomic E-state index is 14.4. The molecule has 0 unspecified atom stereocenters. The average Bonchev–Trinajstić information content (AvgIpc) is 2.76. The summed E-state index contributed by atoms with van der Waals surface area (Å²) in [5.41, 5.74) is 6.22. The molecule has 0 spiro atoms. The minimum Gasteiger partial charge on any atom is -0.486 e. The van der Waals surface area contributed by atoms with Crippen LogP contribution in [0.25, 0.3) is 11.1 Å². The van der Waals surface area contributed by atoms with Crippen LogP contribution in [0.1, 0.15) is 0 Å². The zero-order chi connectivity index (χ0) is 12.7. The molecule has 0 amide bonds. The highest BCUT2D eigenvalue weighted by atomic mass is 79.9. The van der Waals surface area contributed by atoms with Crippen molar-refractivity contribution < 1.29 is 18.4 Å². The highest BCUT2D eigenvalue weighted by molar-refractivity contribution is 9.10. The number of hydrogen-bond acceptors (Lipinski definition) is 5. The van der Waals surface area contributed by atoms with Crippen molar-refractivity contribution in [2.75, 3.05) is 18.9 Å². The Labute approximate surface area is 110 Å². The molecule has 0 bridgehead atoms. The number of rotatable bonds is 1. The summed E-state index contributed by atoms with van der Waals surface area (Å²) >= 11 is 3.28. The zero-order valence-corrected chi connectivity index (χ0v) is 10.7. The van der Waals surface area contributed by atoms with Crippen molar-refractivity contribution in [3.63, 3.8) is 0 Å². The Bertz CT molecular complexity index is 615. The Balaban J connectivity index is 2.24. The summed E-state index contributed by atoms with van der Waals surface area (Å²) < 4.78 is 30.2. The van der Waals surface area contributed by atoms with Crippen LogP contribution in [0.3, 0.4) is 0 Å². The second kappa shape index (κ2) is 4.16. The minimum atomic E-state index is -0.547. The lowest BCUT2D eigenvalue weighted by Crippen LogP contribution is -2.16. The Morgan fingerprint density at radius 3 is 2.83 bits per heavy atom. The normalized spacial score (nSPS) is 13.7. The van der Waals surface area contributed by atoms with Crippen molar-refractivity contribution in [1.29, 1.82) is 0 Å². The van der Waals surface area contributed by atoms with Crippen LogP contribution in [-0.4, -0.2) is 18.4 Å². The van der Waals surface area contributed by atoms with E-state index in [1.807, 2.05) is 0 Å². The van der Waals surface area contributed by atoms with Gasteiger partial charge in [-0.1, -0.05) is 5.16 Å². The standard InChI is InChI=1S/C11H8BrFN2O3/c12-6-3-7-10(17-2-1-16-7)9(13)8(6)5-4-15-18-11(5)14/h3-4H,1-2,14H2. The van der Waals surface area contributed by atoms with E-state index in [1.54, 1.807) is 6.07 Å². The maximum atomic E-state index is 14.4. The quantitative estimate of drug-likeness (QED) is 0.876. The van der Waals surface area contributed by atoms with Gasteiger partial charge in [0.05, 0.1) is 11.8 Å². The van der Waals surface area contributed by atoms with Gasteiger partial charge in [-0.3, -0.25) is 0 Å². The van der Waals surface area contributed by atoms with Gasteiger partial charge < -0.3 is 19.7 Å². The van der Waals surface area contributed by atoms with Crippen LogP contribution in [0.2, 0.25) is 0 Å². The number of aromatic nitrogens is 1. The largest absolute Gasteiger partial charge is 0.486 e. The number of fused-ring (bicyclic) bond motifs is 1. The lowest BCUT2D eigenvalue weighted by atomic mass is 10.1. The molecule has 2 heterocycles. The average molecular weight is 315 g/mol. The predicted octanol–water partition coefficient (Wildman–Crippen LogP) is 2.60. The van der Waals surface area contributed by atoms with Gasteiger partial charge in [0.1, 0.15) is 13.2 Å². The first-order valence-electron chi connectivity index (χ1n) is 5.16. The molecule has 0 fully saturated rings. The van der Waals surface area contributed by atoms with Gasteiger partial charge in [-0.2, -0.15) is 0 Å². The first kappa shape index (κ1) is 11.3. The molecule has 1 aliphatic heterocycles. The number of ether oxygens (including phenoxy) is 2. The number of nitrogens with two attached hydrogens (primary N) is 1. The number of halogens is 2. The molecule has 1 aromatic heterocycles. The summed E-state index contributed by atoms with van der Waals surface area (Å²) in [5.74, 6) is -0.0512. The molecule has 94 valence electrons. The molecule has 0 aliphatic carbocycles. The molecule has 0 saturated carbocycles. The molecule has 1 aliphatic rings. The summed E-state index contributed by atoms with van der Waals surface area (Å²) in [4.78, 5) is 0. The van der Waals surface area contributed by atoms with E-state index in [1.165, 1.54) is 6.20 Å². The van der Waals surface area contributed by atoms with E-state index in [0.29, 0.717) is 29.0 Å². The summed E-state index contributed by atoms with van der Waals surface area (Å²) in [5, 5.41) is 3.53. The number of nitrogen functional groups attached to an aromatic ring is 1. The SMILES string of the molecule is Nc1oncc1-c1c(Br)cc2c(c1F)OCCO2. The van der Waals surface area contributed by atoms with Crippen molar-refractivity contribution in [2.24, 2.45) is 0 Å². The van der Waals surface area contributed by atoms with Crippen molar-refractivity contribution in [2.45, 2.75) is 0 Å². The second-order valence-corrected chi connectivity index (χ2v) is 4.53. The van der Waals surface area contributed by atoms with E-state index < -0.39 is 5.82 Å². The molecule has 3 rings (SSSR count). The van der Waals surface area contributed by atoms with Crippen LogP contribution in [0, 0.1) is 5.82 Å². The molecular weight excluding hydrogens is 307 g/mol. The highest BCUT2D eigenvalue weighted by Crippen LogP contribution is 2.44. The monoisotopic (exact) mass is 314 g/mol.